The van der Waals surface area contributed by atoms with Gasteiger partial charge in [0.1, 0.15) is 0 Å². The van der Waals surface area contributed by atoms with Crippen molar-refractivity contribution in [2.24, 2.45) is 0 Å². The lowest BCUT2D eigenvalue weighted by atomic mass is 9.97. The van der Waals surface area contributed by atoms with E-state index in [2.05, 4.69) is 40.6 Å². The van der Waals surface area contributed by atoms with Gasteiger partial charge < -0.3 is 4.42 Å². The quantitative estimate of drug-likeness (QED) is 0.755. The molecule has 0 saturated carbocycles. The molecule has 1 amide bonds. The summed E-state index contributed by atoms with van der Waals surface area (Å²) in [7, 11) is 0. The topological polar surface area (TPSA) is 68.0 Å². The molecule has 0 atom stereocenters. The minimum Gasteiger partial charge on any atom is -0.403 e. The molecule has 0 bridgehead atoms. The first kappa shape index (κ1) is 17.9. The Bertz CT molecular complexity index is 950. The van der Waals surface area contributed by atoms with E-state index in [0.29, 0.717) is 5.89 Å². The van der Waals surface area contributed by atoms with E-state index < -0.39 is 0 Å². The van der Waals surface area contributed by atoms with Gasteiger partial charge in [0.25, 0.3) is 0 Å². The minimum atomic E-state index is -0.170. The van der Waals surface area contributed by atoms with Gasteiger partial charge >= 0.3 is 6.01 Å². The normalized spacial score (nSPS) is 10.8. The van der Waals surface area contributed by atoms with Gasteiger partial charge in [-0.05, 0) is 62.9 Å². The molecule has 0 aliphatic heterocycles. The number of anilines is 1. The van der Waals surface area contributed by atoms with Gasteiger partial charge in [0.05, 0.1) is 6.42 Å². The highest BCUT2D eigenvalue weighted by Crippen LogP contribution is 2.24. The molecule has 0 aliphatic rings. The second-order valence-corrected chi connectivity index (χ2v) is 6.83. The highest BCUT2D eigenvalue weighted by atomic mass is 16.4. The molecule has 26 heavy (non-hydrogen) atoms. The summed E-state index contributed by atoms with van der Waals surface area (Å²) in [5.74, 6) is 0.233. The molecule has 5 heteroatoms. The van der Waals surface area contributed by atoms with E-state index in [1.807, 2.05) is 39.8 Å². The number of amides is 1. The van der Waals surface area contributed by atoms with Crippen LogP contribution in [0.15, 0.2) is 34.7 Å². The number of benzene rings is 2. The Hall–Kier alpha value is -2.95. The average molecular weight is 349 g/mol. The highest BCUT2D eigenvalue weighted by molar-refractivity contribution is 5.90. The van der Waals surface area contributed by atoms with Crippen LogP contribution in [-0.2, 0) is 11.2 Å². The average Bonchev–Trinajstić information content (AvgIpc) is 2.99. The Kier molecular flexibility index (Phi) is 4.89. The molecule has 1 heterocycles. The van der Waals surface area contributed by atoms with E-state index >= 15 is 0 Å². The van der Waals surface area contributed by atoms with Crippen LogP contribution >= 0.6 is 0 Å². The number of rotatable bonds is 4. The molecule has 2 aromatic carbocycles. The fourth-order valence-electron chi connectivity index (χ4n) is 3.25. The van der Waals surface area contributed by atoms with Crippen LogP contribution in [-0.4, -0.2) is 16.1 Å². The molecular formula is C21H23N3O2. The third-order valence-corrected chi connectivity index (χ3v) is 4.46. The van der Waals surface area contributed by atoms with Crippen LogP contribution in [0.25, 0.3) is 11.5 Å². The van der Waals surface area contributed by atoms with Gasteiger partial charge in [-0.1, -0.05) is 40.5 Å². The Morgan fingerprint density at radius 1 is 0.923 bits per heavy atom. The van der Waals surface area contributed by atoms with E-state index in [9.17, 15) is 4.79 Å². The van der Waals surface area contributed by atoms with E-state index in [0.717, 1.165) is 27.8 Å². The van der Waals surface area contributed by atoms with Crippen LogP contribution < -0.4 is 5.32 Å². The number of hydrogen-bond acceptors (Lipinski definition) is 4. The first-order valence-corrected chi connectivity index (χ1v) is 8.61. The molecule has 0 radical (unpaired) electrons. The van der Waals surface area contributed by atoms with Crippen LogP contribution in [0.4, 0.5) is 6.01 Å². The van der Waals surface area contributed by atoms with Crippen molar-refractivity contribution in [2.45, 2.75) is 41.0 Å². The first-order chi connectivity index (χ1) is 12.3. The number of carbonyl (C=O) groups excluding carboxylic acids is 1. The maximum Gasteiger partial charge on any atom is 0.322 e. The number of nitrogens with one attached hydrogen (secondary N) is 1. The molecule has 0 unspecified atom stereocenters. The van der Waals surface area contributed by atoms with Crippen LogP contribution in [0.3, 0.4) is 0 Å². The molecule has 3 rings (SSSR count). The third kappa shape index (κ3) is 3.82. The van der Waals surface area contributed by atoms with Gasteiger partial charge in [0.2, 0.25) is 11.8 Å². The molecular weight excluding hydrogens is 326 g/mol. The van der Waals surface area contributed by atoms with Crippen molar-refractivity contribution in [3.8, 4) is 11.5 Å². The molecule has 0 aliphatic carbocycles. The first-order valence-electron chi connectivity index (χ1n) is 8.61. The molecule has 0 fully saturated rings. The van der Waals surface area contributed by atoms with Crippen molar-refractivity contribution in [3.63, 3.8) is 0 Å². The Morgan fingerprint density at radius 3 is 2.23 bits per heavy atom. The van der Waals surface area contributed by atoms with Gasteiger partial charge in [-0.2, -0.15) is 0 Å². The molecule has 3 aromatic rings. The summed E-state index contributed by atoms with van der Waals surface area (Å²) in [6.07, 6.45) is 0.277. The van der Waals surface area contributed by atoms with E-state index in [4.69, 9.17) is 4.42 Å². The van der Waals surface area contributed by atoms with E-state index in [1.54, 1.807) is 0 Å². The summed E-state index contributed by atoms with van der Waals surface area (Å²) in [5.41, 5.74) is 7.54. The molecule has 0 spiro atoms. The Morgan fingerprint density at radius 2 is 1.58 bits per heavy atom. The Labute approximate surface area is 153 Å². The number of aromatic nitrogens is 2. The van der Waals surface area contributed by atoms with Gasteiger partial charge in [0.15, 0.2) is 0 Å². The minimum absolute atomic E-state index is 0.118. The fraction of sp³-hybridized carbons (Fsp3) is 0.286. The van der Waals surface area contributed by atoms with Crippen LogP contribution in [0.5, 0.6) is 0 Å². The molecule has 5 nitrogen and oxygen atoms in total. The summed E-state index contributed by atoms with van der Waals surface area (Å²) in [4.78, 5) is 12.4. The SMILES string of the molecule is Cc1ccc(-c2nnc(NC(=O)Cc3c(C)cc(C)cc3C)o2)c(C)c1. The summed E-state index contributed by atoms with van der Waals surface area (Å²) in [6.45, 7) is 10.1. The standard InChI is InChI=1S/C21H23N3O2/c1-12-6-7-17(14(3)8-12)20-23-24-21(26-20)22-19(25)11-18-15(4)9-13(2)10-16(18)5/h6-10H,11H2,1-5H3,(H,22,24,25). The number of aryl methyl sites for hydroxylation is 5. The van der Waals surface area contributed by atoms with Gasteiger partial charge in [-0.25, -0.2) is 0 Å². The monoisotopic (exact) mass is 349 g/mol. The molecule has 134 valence electrons. The van der Waals surface area contributed by atoms with Gasteiger partial charge in [-0.15, -0.1) is 5.10 Å². The van der Waals surface area contributed by atoms with E-state index in [-0.39, 0.29) is 18.3 Å². The number of carbonyl (C=O) groups is 1. The molecule has 1 aromatic heterocycles. The smallest absolute Gasteiger partial charge is 0.322 e. The predicted molar refractivity (Wildman–Crippen MR) is 102 cm³/mol. The van der Waals surface area contributed by atoms with Crippen molar-refractivity contribution < 1.29 is 9.21 Å². The lowest BCUT2D eigenvalue weighted by Crippen LogP contribution is -2.16. The van der Waals surface area contributed by atoms with E-state index in [1.165, 1.54) is 11.1 Å². The summed E-state index contributed by atoms with van der Waals surface area (Å²) >= 11 is 0. The van der Waals surface area contributed by atoms with Crippen molar-refractivity contribution in [1.29, 1.82) is 0 Å². The number of hydrogen-bond donors (Lipinski definition) is 1. The Balaban J connectivity index is 1.74. The largest absolute Gasteiger partial charge is 0.403 e. The lowest BCUT2D eigenvalue weighted by Gasteiger charge is -2.10. The summed E-state index contributed by atoms with van der Waals surface area (Å²) < 4.78 is 5.62. The maximum atomic E-state index is 12.4. The van der Waals surface area contributed by atoms with Crippen LogP contribution in [0.1, 0.15) is 33.4 Å². The van der Waals surface area contributed by atoms with Crippen molar-refractivity contribution in [1.82, 2.24) is 10.2 Å². The maximum absolute atomic E-state index is 12.4. The third-order valence-electron chi connectivity index (χ3n) is 4.46. The summed E-state index contributed by atoms with van der Waals surface area (Å²) in [6, 6.07) is 10.3. The zero-order valence-electron chi connectivity index (χ0n) is 15.8. The van der Waals surface area contributed by atoms with Crippen LogP contribution in [0.2, 0.25) is 0 Å². The highest BCUT2D eigenvalue weighted by Gasteiger charge is 2.15. The molecule has 1 N–H and O–H groups in total. The fourth-order valence-corrected chi connectivity index (χ4v) is 3.25. The van der Waals surface area contributed by atoms with Gasteiger partial charge in [-0.3, -0.25) is 10.1 Å². The predicted octanol–water partition coefficient (Wildman–Crippen LogP) is 4.46. The zero-order valence-corrected chi connectivity index (χ0v) is 15.8. The molecule has 0 saturated heterocycles. The van der Waals surface area contributed by atoms with Crippen molar-refractivity contribution in [3.05, 3.63) is 63.7 Å². The summed E-state index contributed by atoms with van der Waals surface area (Å²) in [5, 5.41) is 10.7. The van der Waals surface area contributed by atoms with Gasteiger partial charge in [0, 0.05) is 5.56 Å². The second-order valence-electron chi connectivity index (χ2n) is 6.83. The number of nitrogens with zero attached hydrogens (tertiary/aromatic N) is 2. The van der Waals surface area contributed by atoms with Crippen molar-refractivity contribution in [2.75, 3.05) is 5.32 Å². The van der Waals surface area contributed by atoms with Crippen LogP contribution in [0, 0.1) is 34.6 Å². The lowest BCUT2D eigenvalue weighted by molar-refractivity contribution is -0.115. The van der Waals surface area contributed by atoms with Crippen molar-refractivity contribution >= 4 is 11.9 Å². The second kappa shape index (κ2) is 7.12. The zero-order chi connectivity index (χ0) is 18.8.